The Morgan fingerprint density at radius 3 is 0.944 bits per heavy atom. The summed E-state index contributed by atoms with van der Waals surface area (Å²) >= 11 is 0. The second-order valence-electron chi connectivity index (χ2n) is 18.8. The summed E-state index contributed by atoms with van der Waals surface area (Å²) < 4.78 is 16.8. The Labute approximate surface area is 443 Å². The van der Waals surface area contributed by atoms with Crippen LogP contribution in [0.5, 0.6) is 0 Å². The van der Waals surface area contributed by atoms with Crippen molar-refractivity contribution < 1.29 is 28.6 Å². The lowest BCUT2D eigenvalue weighted by Gasteiger charge is -2.18. The molecular weight excluding hydrogens is 889 g/mol. The van der Waals surface area contributed by atoms with Crippen molar-refractivity contribution >= 4 is 17.9 Å². The molecule has 0 aliphatic heterocycles. The SMILES string of the molecule is CC/C=C\C/C=C\C/C=C\C/C=C\C/C=C\C/C=C\C/C=C\CCCC(=O)OCC(COC(=O)CCCCCCC/C=C\C/C=C\CCCC)OC(=O)CCCCCCCCC/C=C\C/C=C\CCCCC. The minimum atomic E-state index is -0.817. The number of ether oxygens (including phenoxy) is 3. The Kier molecular flexibility index (Phi) is 55.5. The molecule has 0 fully saturated rings. The molecule has 72 heavy (non-hydrogen) atoms. The van der Waals surface area contributed by atoms with Crippen LogP contribution in [0.15, 0.2) is 134 Å². The summed E-state index contributed by atoms with van der Waals surface area (Å²) in [5.41, 5.74) is 0. The lowest BCUT2D eigenvalue weighted by atomic mass is 10.1. The van der Waals surface area contributed by atoms with Crippen LogP contribution in [0.1, 0.15) is 245 Å². The average molecular weight is 996 g/mol. The highest BCUT2D eigenvalue weighted by atomic mass is 16.6. The summed E-state index contributed by atoms with van der Waals surface area (Å²) in [5.74, 6) is -0.997. The molecule has 0 saturated carbocycles. The minimum Gasteiger partial charge on any atom is -0.462 e. The summed E-state index contributed by atoms with van der Waals surface area (Å²) in [5, 5.41) is 0. The normalized spacial score (nSPS) is 13.1. The van der Waals surface area contributed by atoms with Gasteiger partial charge in [-0.3, -0.25) is 14.4 Å². The first kappa shape index (κ1) is 67.5. The summed E-state index contributed by atoms with van der Waals surface area (Å²) in [6, 6.07) is 0. The first-order valence-electron chi connectivity index (χ1n) is 29.2. The van der Waals surface area contributed by atoms with E-state index in [2.05, 4.69) is 154 Å². The first-order valence-corrected chi connectivity index (χ1v) is 29.2. The summed E-state index contributed by atoms with van der Waals surface area (Å²) in [6.45, 7) is 6.39. The largest absolute Gasteiger partial charge is 0.462 e. The van der Waals surface area contributed by atoms with E-state index >= 15 is 0 Å². The van der Waals surface area contributed by atoms with Crippen molar-refractivity contribution in [2.75, 3.05) is 13.2 Å². The van der Waals surface area contributed by atoms with Crippen LogP contribution in [0.25, 0.3) is 0 Å². The molecule has 0 saturated heterocycles. The number of carbonyl (C=O) groups is 3. The zero-order valence-electron chi connectivity index (χ0n) is 46.4. The number of hydrogen-bond donors (Lipinski definition) is 0. The fourth-order valence-electron chi connectivity index (χ4n) is 7.48. The molecule has 0 N–H and O–H groups in total. The molecule has 0 radical (unpaired) electrons. The van der Waals surface area contributed by atoms with Crippen LogP contribution in [0.4, 0.5) is 0 Å². The average Bonchev–Trinajstić information content (AvgIpc) is 3.38. The lowest BCUT2D eigenvalue weighted by Crippen LogP contribution is -2.30. The molecule has 0 amide bonds. The highest BCUT2D eigenvalue weighted by Crippen LogP contribution is 2.13. The van der Waals surface area contributed by atoms with Crippen molar-refractivity contribution in [3.8, 4) is 0 Å². The Bertz CT molecular complexity index is 1560. The van der Waals surface area contributed by atoms with E-state index in [0.29, 0.717) is 19.3 Å². The second-order valence-corrected chi connectivity index (χ2v) is 18.8. The van der Waals surface area contributed by atoms with E-state index in [1.54, 1.807) is 0 Å². The Hall–Kier alpha value is -4.45. The van der Waals surface area contributed by atoms with Crippen molar-refractivity contribution in [1.82, 2.24) is 0 Å². The maximum absolute atomic E-state index is 12.9. The number of allylic oxidation sites excluding steroid dienone is 22. The van der Waals surface area contributed by atoms with Gasteiger partial charge in [0, 0.05) is 19.3 Å². The molecule has 1 unspecified atom stereocenters. The Balaban J connectivity index is 4.52. The van der Waals surface area contributed by atoms with Crippen molar-refractivity contribution in [2.24, 2.45) is 0 Å². The van der Waals surface area contributed by atoms with Crippen LogP contribution in [-0.2, 0) is 28.6 Å². The topological polar surface area (TPSA) is 78.9 Å². The summed E-state index contributed by atoms with van der Waals surface area (Å²) in [6.07, 6.45) is 83.0. The van der Waals surface area contributed by atoms with Gasteiger partial charge in [0.25, 0.3) is 0 Å². The molecule has 6 heteroatoms. The van der Waals surface area contributed by atoms with E-state index < -0.39 is 6.10 Å². The predicted molar refractivity (Wildman–Crippen MR) is 311 cm³/mol. The van der Waals surface area contributed by atoms with Gasteiger partial charge in [0.1, 0.15) is 13.2 Å². The van der Waals surface area contributed by atoms with Gasteiger partial charge >= 0.3 is 17.9 Å². The third-order valence-electron chi connectivity index (χ3n) is 11.9. The second kappa shape index (κ2) is 59.1. The minimum absolute atomic E-state index is 0.111. The molecule has 0 heterocycles. The van der Waals surface area contributed by atoms with Crippen LogP contribution in [-0.4, -0.2) is 37.2 Å². The van der Waals surface area contributed by atoms with Crippen molar-refractivity contribution in [1.29, 1.82) is 0 Å². The standard InChI is InChI=1S/C66H106O6/c1-4-7-10-13-16-19-22-25-28-30-31-32-33-34-35-37-38-41-44-47-50-53-56-59-65(68)71-62-63(61-70-64(67)58-55-52-49-46-43-40-27-24-21-18-15-12-9-6-3)72-66(69)60-57-54-51-48-45-42-39-36-29-26-23-20-17-14-11-8-5-2/h7,10,15-20,24-29,31-32,34-35,38,41,47,50,63H,4-6,8-9,11-14,21-23,30,33,36-37,39-40,42-46,48-49,51-62H2,1-3H3/b10-7-,18-15-,19-16-,20-17-,27-24-,28-25-,29-26-,32-31-,35-34-,41-38-,50-47-. The molecule has 0 aromatic heterocycles. The molecule has 0 aromatic rings. The quantitative estimate of drug-likeness (QED) is 0.0261. The number of carbonyl (C=O) groups excluding carboxylic acids is 3. The number of hydrogen-bond acceptors (Lipinski definition) is 6. The van der Waals surface area contributed by atoms with E-state index in [0.717, 1.165) is 128 Å². The first-order chi connectivity index (χ1) is 35.5. The highest BCUT2D eigenvalue weighted by molar-refractivity contribution is 5.71. The molecule has 0 aliphatic carbocycles. The highest BCUT2D eigenvalue weighted by Gasteiger charge is 2.19. The van der Waals surface area contributed by atoms with Crippen molar-refractivity contribution in [2.45, 2.75) is 252 Å². The molecule has 1 atom stereocenters. The van der Waals surface area contributed by atoms with E-state index in [1.165, 1.54) is 70.6 Å². The Morgan fingerprint density at radius 2 is 0.569 bits per heavy atom. The molecule has 0 aliphatic rings. The van der Waals surface area contributed by atoms with E-state index in [-0.39, 0.29) is 37.5 Å². The smallest absolute Gasteiger partial charge is 0.306 e. The van der Waals surface area contributed by atoms with E-state index in [1.807, 2.05) is 0 Å². The summed E-state index contributed by atoms with van der Waals surface area (Å²) in [7, 11) is 0. The van der Waals surface area contributed by atoms with Crippen LogP contribution >= 0.6 is 0 Å². The molecular formula is C66H106O6. The maximum atomic E-state index is 12.9. The van der Waals surface area contributed by atoms with Gasteiger partial charge in [-0.25, -0.2) is 0 Å². The zero-order valence-corrected chi connectivity index (χ0v) is 46.4. The van der Waals surface area contributed by atoms with Crippen LogP contribution in [0, 0.1) is 0 Å². The molecule has 0 spiro atoms. The maximum Gasteiger partial charge on any atom is 0.306 e. The predicted octanol–water partition coefficient (Wildman–Crippen LogP) is 19.8. The molecule has 406 valence electrons. The van der Waals surface area contributed by atoms with Crippen LogP contribution in [0.2, 0.25) is 0 Å². The molecule has 0 aromatic carbocycles. The van der Waals surface area contributed by atoms with Crippen molar-refractivity contribution in [3.05, 3.63) is 134 Å². The third kappa shape index (κ3) is 56.5. The summed E-state index contributed by atoms with van der Waals surface area (Å²) in [4.78, 5) is 38.2. The fraction of sp³-hybridized carbons (Fsp3) is 0.621. The van der Waals surface area contributed by atoms with Gasteiger partial charge in [-0.05, 0) is 128 Å². The van der Waals surface area contributed by atoms with Crippen LogP contribution in [0.3, 0.4) is 0 Å². The zero-order chi connectivity index (χ0) is 52.2. The number of esters is 3. The van der Waals surface area contributed by atoms with E-state index in [4.69, 9.17) is 14.2 Å². The van der Waals surface area contributed by atoms with Gasteiger partial charge in [0.05, 0.1) is 0 Å². The molecule has 0 rings (SSSR count). The number of unbranched alkanes of at least 4 members (excludes halogenated alkanes) is 18. The fourth-order valence-corrected chi connectivity index (χ4v) is 7.48. The van der Waals surface area contributed by atoms with Gasteiger partial charge in [0.2, 0.25) is 0 Å². The van der Waals surface area contributed by atoms with Gasteiger partial charge in [-0.1, -0.05) is 231 Å². The Morgan fingerprint density at radius 1 is 0.292 bits per heavy atom. The third-order valence-corrected chi connectivity index (χ3v) is 11.9. The monoisotopic (exact) mass is 995 g/mol. The molecule has 0 bridgehead atoms. The van der Waals surface area contributed by atoms with Crippen LogP contribution < -0.4 is 0 Å². The van der Waals surface area contributed by atoms with E-state index in [9.17, 15) is 14.4 Å². The van der Waals surface area contributed by atoms with Gasteiger partial charge in [-0.15, -0.1) is 0 Å². The van der Waals surface area contributed by atoms with Gasteiger partial charge in [0.15, 0.2) is 6.10 Å². The molecule has 6 nitrogen and oxygen atoms in total. The van der Waals surface area contributed by atoms with Gasteiger partial charge in [-0.2, -0.15) is 0 Å². The van der Waals surface area contributed by atoms with Gasteiger partial charge < -0.3 is 14.2 Å². The number of rotatable bonds is 51. The van der Waals surface area contributed by atoms with Crippen molar-refractivity contribution in [3.63, 3.8) is 0 Å². The lowest BCUT2D eigenvalue weighted by molar-refractivity contribution is -0.167.